The molecule has 10 heteroatoms. The molecule has 0 saturated heterocycles. The van der Waals surface area contributed by atoms with Crippen molar-refractivity contribution in [1.29, 1.82) is 0 Å². The SMILES string of the molecule is COc1ccc2c(c1)/C(=C/C(=O)c1cccc(NC(=O)c3scc(S(=O)(=O)C(C)C)c3Cl)c1)NC(C)(C)C2. The molecule has 3 aromatic rings. The number of sulfone groups is 1. The van der Waals surface area contributed by atoms with Gasteiger partial charge in [0.1, 0.15) is 10.6 Å². The lowest BCUT2D eigenvalue weighted by molar-refractivity contribution is 0.102. The summed E-state index contributed by atoms with van der Waals surface area (Å²) < 4.78 is 30.4. The topological polar surface area (TPSA) is 102 Å². The first-order valence-electron chi connectivity index (χ1n) is 12.0. The van der Waals surface area contributed by atoms with Crippen molar-refractivity contribution in [2.45, 2.75) is 49.8 Å². The van der Waals surface area contributed by atoms with Crippen LogP contribution in [0.2, 0.25) is 5.02 Å². The lowest BCUT2D eigenvalue weighted by Gasteiger charge is -2.35. The summed E-state index contributed by atoms with van der Waals surface area (Å²) in [7, 11) is -2.02. The summed E-state index contributed by atoms with van der Waals surface area (Å²) in [6, 6.07) is 12.4. The van der Waals surface area contributed by atoms with Crippen LogP contribution in [0.5, 0.6) is 5.75 Å². The Kier molecular flexibility index (Phi) is 7.74. The van der Waals surface area contributed by atoms with E-state index in [-0.39, 0.29) is 26.1 Å². The molecular weight excluding hydrogens is 544 g/mol. The van der Waals surface area contributed by atoms with Gasteiger partial charge < -0.3 is 15.4 Å². The van der Waals surface area contributed by atoms with Gasteiger partial charge in [0, 0.05) is 39.5 Å². The number of ketones is 1. The van der Waals surface area contributed by atoms with Crippen molar-refractivity contribution in [3.05, 3.63) is 80.5 Å². The Hall–Kier alpha value is -3.14. The number of thiophene rings is 1. The van der Waals surface area contributed by atoms with E-state index in [1.165, 1.54) is 5.38 Å². The number of amides is 1. The molecule has 1 aromatic heterocycles. The molecule has 38 heavy (non-hydrogen) atoms. The van der Waals surface area contributed by atoms with E-state index in [0.29, 0.717) is 22.7 Å². The molecule has 1 amide bonds. The Balaban J connectivity index is 1.59. The van der Waals surface area contributed by atoms with Gasteiger partial charge in [-0.05, 0) is 63.9 Å². The van der Waals surface area contributed by atoms with Crippen LogP contribution in [0.1, 0.15) is 58.9 Å². The molecule has 0 atom stereocenters. The van der Waals surface area contributed by atoms with Crippen LogP contribution in [0.25, 0.3) is 5.70 Å². The van der Waals surface area contributed by atoms with Gasteiger partial charge in [0.2, 0.25) is 0 Å². The number of hydrogen-bond acceptors (Lipinski definition) is 7. The van der Waals surface area contributed by atoms with Gasteiger partial charge in [0.15, 0.2) is 15.6 Å². The average molecular weight is 573 g/mol. The van der Waals surface area contributed by atoms with Crippen LogP contribution in [0.15, 0.2) is 58.8 Å². The summed E-state index contributed by atoms with van der Waals surface area (Å²) in [4.78, 5) is 26.2. The van der Waals surface area contributed by atoms with Gasteiger partial charge in [-0.3, -0.25) is 9.59 Å². The number of allylic oxidation sites excluding steroid dienone is 1. The third kappa shape index (κ3) is 5.65. The molecule has 0 saturated carbocycles. The number of hydrogen-bond donors (Lipinski definition) is 2. The summed E-state index contributed by atoms with van der Waals surface area (Å²) >= 11 is 7.24. The summed E-state index contributed by atoms with van der Waals surface area (Å²) in [6.45, 7) is 7.25. The highest BCUT2D eigenvalue weighted by molar-refractivity contribution is 7.92. The number of methoxy groups -OCH3 is 1. The minimum absolute atomic E-state index is 0.0558. The van der Waals surface area contributed by atoms with E-state index >= 15 is 0 Å². The molecule has 200 valence electrons. The normalized spacial score (nSPS) is 15.6. The summed E-state index contributed by atoms with van der Waals surface area (Å²) in [5, 5.41) is 6.79. The van der Waals surface area contributed by atoms with Crippen LogP contribution >= 0.6 is 22.9 Å². The largest absolute Gasteiger partial charge is 0.497 e. The zero-order valence-electron chi connectivity index (χ0n) is 21.7. The van der Waals surface area contributed by atoms with E-state index in [9.17, 15) is 18.0 Å². The molecule has 0 spiro atoms. The van der Waals surface area contributed by atoms with Gasteiger partial charge in [0.05, 0.1) is 22.3 Å². The molecule has 0 fully saturated rings. The van der Waals surface area contributed by atoms with Crippen molar-refractivity contribution in [3.8, 4) is 5.75 Å². The van der Waals surface area contributed by atoms with Gasteiger partial charge in [-0.15, -0.1) is 11.3 Å². The van der Waals surface area contributed by atoms with Gasteiger partial charge in [-0.1, -0.05) is 29.8 Å². The second-order valence-corrected chi connectivity index (χ2v) is 13.7. The Labute approximate surface area is 231 Å². The molecule has 2 aromatic carbocycles. The number of anilines is 1. The first-order valence-corrected chi connectivity index (χ1v) is 14.8. The molecule has 1 aliphatic rings. The zero-order chi connectivity index (χ0) is 27.8. The molecule has 0 unspecified atom stereocenters. The van der Waals surface area contributed by atoms with Gasteiger partial charge in [0.25, 0.3) is 5.91 Å². The first-order chi connectivity index (χ1) is 17.8. The third-order valence-electron chi connectivity index (χ3n) is 6.23. The number of carbonyl (C=O) groups excluding carboxylic acids is 2. The number of fused-ring (bicyclic) bond motifs is 1. The number of halogens is 1. The fourth-order valence-corrected chi connectivity index (χ4v) is 7.21. The fourth-order valence-electron chi connectivity index (χ4n) is 4.23. The summed E-state index contributed by atoms with van der Waals surface area (Å²) in [5.41, 5.74) is 3.23. The zero-order valence-corrected chi connectivity index (χ0v) is 24.1. The molecule has 7 nitrogen and oxygen atoms in total. The average Bonchev–Trinajstić information content (AvgIpc) is 3.25. The Morgan fingerprint density at radius 1 is 1.18 bits per heavy atom. The molecule has 1 aliphatic heterocycles. The molecule has 0 aliphatic carbocycles. The predicted octanol–water partition coefficient (Wildman–Crippen LogP) is 5.99. The first kappa shape index (κ1) is 27.9. The van der Waals surface area contributed by atoms with E-state index < -0.39 is 21.0 Å². The van der Waals surface area contributed by atoms with E-state index in [1.807, 2.05) is 18.2 Å². The summed E-state index contributed by atoms with van der Waals surface area (Å²) in [5.74, 6) is -0.0932. The monoisotopic (exact) mass is 572 g/mol. The van der Waals surface area contributed by atoms with Crippen molar-refractivity contribution in [2.24, 2.45) is 0 Å². The standard InChI is InChI=1S/C28H29ClN2O5S2/c1-16(2)38(34,35)24-15-37-26(25(24)29)27(33)30-19-8-6-7-17(11-19)23(32)13-22-21-12-20(36-5)10-9-18(21)14-28(3,4)31-22/h6-13,15-16,31H,14H2,1-5H3,(H,30,33)/b22-13-. The highest BCUT2D eigenvalue weighted by Crippen LogP contribution is 2.35. The second kappa shape index (κ2) is 10.6. The maximum Gasteiger partial charge on any atom is 0.267 e. The quantitative estimate of drug-likeness (QED) is 0.266. The Morgan fingerprint density at radius 3 is 2.61 bits per heavy atom. The van der Waals surface area contributed by atoms with Gasteiger partial charge in [-0.25, -0.2) is 8.42 Å². The van der Waals surface area contributed by atoms with Crippen LogP contribution < -0.4 is 15.4 Å². The minimum atomic E-state index is -3.63. The predicted molar refractivity (Wildman–Crippen MR) is 152 cm³/mol. The van der Waals surface area contributed by atoms with E-state index in [1.54, 1.807) is 51.3 Å². The number of benzene rings is 2. The lowest BCUT2D eigenvalue weighted by Crippen LogP contribution is -2.43. The highest BCUT2D eigenvalue weighted by atomic mass is 35.5. The van der Waals surface area contributed by atoms with Crippen molar-refractivity contribution < 1.29 is 22.7 Å². The van der Waals surface area contributed by atoms with E-state index in [0.717, 1.165) is 28.9 Å². The minimum Gasteiger partial charge on any atom is -0.497 e. The second-order valence-electron chi connectivity index (χ2n) is 10.0. The maximum atomic E-state index is 13.3. The highest BCUT2D eigenvalue weighted by Gasteiger charge is 2.29. The third-order valence-corrected chi connectivity index (χ3v) is 10.1. The van der Waals surface area contributed by atoms with Crippen LogP contribution in [-0.4, -0.2) is 38.0 Å². The van der Waals surface area contributed by atoms with Crippen LogP contribution in [-0.2, 0) is 16.3 Å². The van der Waals surface area contributed by atoms with Crippen molar-refractivity contribution in [2.75, 3.05) is 12.4 Å². The van der Waals surface area contributed by atoms with Crippen molar-refractivity contribution in [3.63, 3.8) is 0 Å². The molecular formula is C28H29ClN2O5S2. The molecule has 0 radical (unpaired) electrons. The molecule has 2 N–H and O–H groups in total. The van der Waals surface area contributed by atoms with E-state index in [2.05, 4.69) is 24.5 Å². The van der Waals surface area contributed by atoms with Crippen molar-refractivity contribution in [1.82, 2.24) is 5.32 Å². The Morgan fingerprint density at radius 2 is 1.92 bits per heavy atom. The lowest BCUT2D eigenvalue weighted by atomic mass is 9.85. The number of rotatable bonds is 7. The molecule has 0 bridgehead atoms. The number of carbonyl (C=O) groups is 2. The number of ether oxygens (including phenoxy) is 1. The molecule has 4 rings (SSSR count). The van der Waals surface area contributed by atoms with Crippen LogP contribution in [0.3, 0.4) is 0 Å². The number of nitrogens with one attached hydrogen (secondary N) is 2. The molecule has 2 heterocycles. The van der Waals surface area contributed by atoms with Crippen LogP contribution in [0, 0.1) is 0 Å². The van der Waals surface area contributed by atoms with Crippen molar-refractivity contribution >= 4 is 55.8 Å². The van der Waals surface area contributed by atoms with Gasteiger partial charge >= 0.3 is 0 Å². The maximum absolute atomic E-state index is 13.3. The fraction of sp³-hybridized carbons (Fsp3) is 0.286. The van der Waals surface area contributed by atoms with Crippen LogP contribution in [0.4, 0.5) is 5.69 Å². The Bertz CT molecular complexity index is 1550. The van der Waals surface area contributed by atoms with E-state index in [4.69, 9.17) is 16.3 Å². The smallest absolute Gasteiger partial charge is 0.267 e. The van der Waals surface area contributed by atoms with Gasteiger partial charge in [-0.2, -0.15) is 0 Å². The summed E-state index contributed by atoms with van der Waals surface area (Å²) in [6.07, 6.45) is 2.35.